The van der Waals surface area contributed by atoms with Crippen LogP contribution in [0.5, 0.6) is 0 Å². The Morgan fingerprint density at radius 3 is 3.12 bits per heavy atom. The Labute approximate surface area is 99.4 Å². The van der Waals surface area contributed by atoms with Crippen LogP contribution in [-0.2, 0) is 6.42 Å². The summed E-state index contributed by atoms with van der Waals surface area (Å²) >= 11 is 0. The summed E-state index contributed by atoms with van der Waals surface area (Å²) in [5.74, 6) is 1.54. The normalized spacial score (nSPS) is 14.8. The van der Waals surface area contributed by atoms with Gasteiger partial charge in [0.05, 0.1) is 17.6 Å². The van der Waals surface area contributed by atoms with Crippen LogP contribution in [0.1, 0.15) is 12.5 Å². The lowest BCUT2D eigenvalue weighted by Crippen LogP contribution is -2.26. The number of rotatable bonds is 2. The predicted octanol–water partition coefficient (Wildman–Crippen LogP) is 1.50. The zero-order chi connectivity index (χ0) is 11.7. The molecular weight excluding hydrogens is 214 g/mol. The number of fused-ring (bicyclic) bond motifs is 1. The molecule has 5 nitrogen and oxygen atoms in total. The Morgan fingerprint density at radius 2 is 2.35 bits per heavy atom. The van der Waals surface area contributed by atoms with Gasteiger partial charge in [0.25, 0.3) is 0 Å². The third kappa shape index (κ3) is 1.84. The molecule has 0 aliphatic carbocycles. The number of nitrogens with zero attached hydrogens (tertiary/aromatic N) is 2. The fourth-order valence-electron chi connectivity index (χ4n) is 2.03. The number of anilines is 1. The van der Waals surface area contributed by atoms with E-state index in [-0.39, 0.29) is 0 Å². The van der Waals surface area contributed by atoms with Crippen molar-refractivity contribution in [3.05, 3.63) is 23.8 Å². The number of H-pyrrole nitrogens is 1. The minimum Gasteiger partial charge on any atom is -0.354 e. The van der Waals surface area contributed by atoms with Crippen molar-refractivity contribution in [3.8, 4) is 0 Å². The molecule has 1 aliphatic rings. The topological polar surface area (TPSA) is 65.1 Å². The molecule has 5 heteroatoms. The summed E-state index contributed by atoms with van der Waals surface area (Å²) in [6, 6.07) is 6.20. The van der Waals surface area contributed by atoms with Crippen molar-refractivity contribution in [2.45, 2.75) is 13.3 Å². The van der Waals surface area contributed by atoms with E-state index in [1.807, 2.05) is 6.07 Å². The number of guanidine groups is 1. The molecule has 17 heavy (non-hydrogen) atoms. The van der Waals surface area contributed by atoms with Crippen LogP contribution in [0.2, 0.25) is 0 Å². The van der Waals surface area contributed by atoms with Gasteiger partial charge in [-0.15, -0.1) is 0 Å². The first kappa shape index (κ1) is 10.1. The number of imidazole rings is 1. The van der Waals surface area contributed by atoms with Crippen LogP contribution >= 0.6 is 0 Å². The quantitative estimate of drug-likeness (QED) is 0.731. The SMILES string of the molecule is CCc1cccc2[nH]c(NC3=NCCN3)nc12. The van der Waals surface area contributed by atoms with E-state index in [1.54, 1.807) is 0 Å². The average molecular weight is 229 g/mol. The minimum absolute atomic E-state index is 0.744. The highest BCUT2D eigenvalue weighted by atomic mass is 15.3. The molecule has 0 fully saturated rings. The molecule has 0 saturated heterocycles. The Kier molecular flexibility index (Phi) is 2.44. The Bertz CT molecular complexity index is 569. The molecule has 0 bridgehead atoms. The van der Waals surface area contributed by atoms with E-state index in [2.05, 4.69) is 44.7 Å². The van der Waals surface area contributed by atoms with E-state index in [0.717, 1.165) is 42.5 Å². The van der Waals surface area contributed by atoms with E-state index in [1.165, 1.54) is 5.56 Å². The Morgan fingerprint density at radius 1 is 1.41 bits per heavy atom. The highest BCUT2D eigenvalue weighted by Crippen LogP contribution is 2.18. The number of aromatic amines is 1. The second kappa shape index (κ2) is 4.08. The number of hydrogen-bond donors (Lipinski definition) is 3. The maximum absolute atomic E-state index is 4.56. The molecular formula is C12H15N5. The van der Waals surface area contributed by atoms with Gasteiger partial charge >= 0.3 is 0 Å². The van der Waals surface area contributed by atoms with Crippen LogP contribution in [-0.4, -0.2) is 29.0 Å². The highest BCUT2D eigenvalue weighted by Gasteiger charge is 2.09. The number of aryl methyl sites for hydroxylation is 1. The third-order valence-electron chi connectivity index (χ3n) is 2.89. The molecule has 0 unspecified atom stereocenters. The molecule has 1 aromatic heterocycles. The van der Waals surface area contributed by atoms with Crippen molar-refractivity contribution in [3.63, 3.8) is 0 Å². The summed E-state index contributed by atoms with van der Waals surface area (Å²) in [7, 11) is 0. The largest absolute Gasteiger partial charge is 0.354 e. The Hall–Kier alpha value is -2.04. The molecule has 0 spiro atoms. The van der Waals surface area contributed by atoms with E-state index >= 15 is 0 Å². The molecule has 2 aromatic rings. The van der Waals surface area contributed by atoms with Crippen molar-refractivity contribution in [2.24, 2.45) is 4.99 Å². The molecule has 0 amide bonds. The van der Waals surface area contributed by atoms with Crippen LogP contribution < -0.4 is 10.6 Å². The molecule has 3 N–H and O–H groups in total. The number of hydrogen-bond acceptors (Lipinski definition) is 4. The van der Waals surface area contributed by atoms with Crippen molar-refractivity contribution in [1.82, 2.24) is 15.3 Å². The fraction of sp³-hybridized carbons (Fsp3) is 0.333. The van der Waals surface area contributed by atoms with Crippen LogP contribution in [0.25, 0.3) is 11.0 Å². The van der Waals surface area contributed by atoms with Gasteiger partial charge in [0, 0.05) is 6.54 Å². The van der Waals surface area contributed by atoms with E-state index < -0.39 is 0 Å². The summed E-state index contributed by atoms with van der Waals surface area (Å²) in [4.78, 5) is 12.1. The lowest BCUT2D eigenvalue weighted by atomic mass is 10.1. The lowest BCUT2D eigenvalue weighted by Gasteiger charge is -2.01. The zero-order valence-electron chi connectivity index (χ0n) is 9.75. The van der Waals surface area contributed by atoms with E-state index in [0.29, 0.717) is 0 Å². The van der Waals surface area contributed by atoms with Crippen molar-refractivity contribution in [2.75, 3.05) is 18.4 Å². The van der Waals surface area contributed by atoms with Gasteiger partial charge in [-0.25, -0.2) is 4.98 Å². The molecule has 1 aliphatic heterocycles. The second-order valence-corrected chi connectivity index (χ2v) is 4.03. The monoisotopic (exact) mass is 229 g/mol. The number of aromatic nitrogens is 2. The van der Waals surface area contributed by atoms with Crippen LogP contribution in [0.4, 0.5) is 5.95 Å². The van der Waals surface area contributed by atoms with E-state index in [9.17, 15) is 0 Å². The molecule has 0 atom stereocenters. The fourth-order valence-corrected chi connectivity index (χ4v) is 2.03. The first-order valence-corrected chi connectivity index (χ1v) is 5.90. The van der Waals surface area contributed by atoms with Crippen LogP contribution in [0.3, 0.4) is 0 Å². The Balaban J connectivity index is 1.95. The molecule has 0 saturated carbocycles. The first-order chi connectivity index (χ1) is 8.36. The molecule has 3 rings (SSSR count). The smallest absolute Gasteiger partial charge is 0.208 e. The summed E-state index contributed by atoms with van der Waals surface area (Å²) < 4.78 is 0. The highest BCUT2D eigenvalue weighted by molar-refractivity contribution is 5.94. The standard InChI is InChI=1S/C12H15N5/c1-2-8-4-3-5-9-10(8)16-12(15-9)17-11-13-6-7-14-11/h3-5H,2,6-7H2,1H3,(H3,13,14,15,16,17). The van der Waals surface area contributed by atoms with Gasteiger partial charge in [-0.1, -0.05) is 19.1 Å². The number of aliphatic imine (C=N–C) groups is 1. The third-order valence-corrected chi connectivity index (χ3v) is 2.89. The van der Waals surface area contributed by atoms with Crippen molar-refractivity contribution < 1.29 is 0 Å². The van der Waals surface area contributed by atoms with Crippen molar-refractivity contribution in [1.29, 1.82) is 0 Å². The number of nitrogens with one attached hydrogen (secondary N) is 3. The maximum Gasteiger partial charge on any atom is 0.208 e. The van der Waals surface area contributed by atoms with Gasteiger partial charge in [-0.05, 0) is 18.1 Å². The van der Waals surface area contributed by atoms with Gasteiger partial charge in [0.15, 0.2) is 5.96 Å². The van der Waals surface area contributed by atoms with Gasteiger partial charge < -0.3 is 10.3 Å². The predicted molar refractivity (Wildman–Crippen MR) is 69.4 cm³/mol. The van der Waals surface area contributed by atoms with Gasteiger partial charge in [0.1, 0.15) is 0 Å². The number of para-hydroxylation sites is 1. The van der Waals surface area contributed by atoms with Gasteiger partial charge in [-0.2, -0.15) is 0 Å². The molecule has 2 heterocycles. The van der Waals surface area contributed by atoms with E-state index in [4.69, 9.17) is 0 Å². The zero-order valence-corrected chi connectivity index (χ0v) is 9.75. The minimum atomic E-state index is 0.744. The van der Waals surface area contributed by atoms with Crippen molar-refractivity contribution >= 4 is 22.9 Å². The molecule has 88 valence electrons. The molecule has 1 aromatic carbocycles. The average Bonchev–Trinajstić information content (AvgIpc) is 2.97. The molecule has 0 radical (unpaired) electrons. The second-order valence-electron chi connectivity index (χ2n) is 4.03. The first-order valence-electron chi connectivity index (χ1n) is 5.90. The van der Waals surface area contributed by atoms with Crippen LogP contribution in [0.15, 0.2) is 23.2 Å². The summed E-state index contributed by atoms with van der Waals surface area (Å²) in [6.07, 6.45) is 0.987. The summed E-state index contributed by atoms with van der Waals surface area (Å²) in [5, 5.41) is 6.31. The lowest BCUT2D eigenvalue weighted by molar-refractivity contribution is 0.958. The summed E-state index contributed by atoms with van der Waals surface area (Å²) in [5.41, 5.74) is 3.36. The van der Waals surface area contributed by atoms with Gasteiger partial charge in [-0.3, -0.25) is 10.3 Å². The number of benzene rings is 1. The van der Waals surface area contributed by atoms with Gasteiger partial charge in [0.2, 0.25) is 5.95 Å². The maximum atomic E-state index is 4.56. The summed E-state index contributed by atoms with van der Waals surface area (Å²) in [6.45, 7) is 3.85. The van der Waals surface area contributed by atoms with Crippen LogP contribution in [0, 0.1) is 0 Å².